The molecule has 0 aromatic carbocycles. The normalized spacial score (nSPS) is 10.4. The lowest BCUT2D eigenvalue weighted by molar-refractivity contribution is 0.0891. The van der Waals surface area contributed by atoms with Crippen molar-refractivity contribution in [3.8, 4) is 6.07 Å². The van der Waals surface area contributed by atoms with Crippen molar-refractivity contribution in [1.82, 2.24) is 4.90 Å². The third-order valence-corrected chi connectivity index (χ3v) is 1.86. The molecule has 0 spiro atoms. The van der Waals surface area contributed by atoms with Crippen LogP contribution in [0.4, 0.5) is 0 Å². The molecule has 0 unspecified atom stereocenters. The maximum atomic E-state index is 8.36. The largest absolute Gasteiger partial charge is 0.385 e. The van der Waals surface area contributed by atoms with Crippen LogP contribution in [0.5, 0.6) is 0 Å². The predicted molar refractivity (Wildman–Crippen MR) is 55.0 cm³/mol. The van der Waals surface area contributed by atoms with E-state index in [0.717, 1.165) is 39.3 Å². The third kappa shape index (κ3) is 9.46. The predicted octanol–water partition coefficient (Wildman–Crippen LogP) is 0.885. The quantitative estimate of drug-likeness (QED) is 0.518. The van der Waals surface area contributed by atoms with E-state index >= 15 is 0 Å². The van der Waals surface area contributed by atoms with Crippen LogP contribution in [0, 0.1) is 11.3 Å². The molecule has 4 heteroatoms. The third-order valence-electron chi connectivity index (χ3n) is 1.86. The minimum atomic E-state index is 0.584. The molecule has 0 bridgehead atoms. The van der Waals surface area contributed by atoms with Crippen molar-refractivity contribution in [3.63, 3.8) is 0 Å². The maximum absolute atomic E-state index is 8.36. The van der Waals surface area contributed by atoms with E-state index < -0.39 is 0 Å². The van der Waals surface area contributed by atoms with E-state index in [2.05, 4.69) is 11.0 Å². The molecule has 0 aliphatic carbocycles. The SMILES string of the molecule is COCCCOCCN(C)CCC#N. The zero-order valence-corrected chi connectivity index (χ0v) is 9.16. The Balaban J connectivity index is 3.07. The molecule has 0 aliphatic heterocycles. The summed E-state index contributed by atoms with van der Waals surface area (Å²) in [6, 6.07) is 2.12. The maximum Gasteiger partial charge on any atom is 0.0635 e. The number of likely N-dealkylation sites (N-methyl/N-ethyl adjacent to an activating group) is 1. The van der Waals surface area contributed by atoms with Crippen LogP contribution in [0.1, 0.15) is 12.8 Å². The van der Waals surface area contributed by atoms with E-state index in [-0.39, 0.29) is 0 Å². The van der Waals surface area contributed by atoms with Crippen LogP contribution in [-0.2, 0) is 9.47 Å². The fraction of sp³-hybridized carbons (Fsp3) is 0.900. The van der Waals surface area contributed by atoms with Gasteiger partial charge in [0.15, 0.2) is 0 Å². The number of hydrogen-bond acceptors (Lipinski definition) is 4. The number of rotatable bonds is 9. The van der Waals surface area contributed by atoms with Gasteiger partial charge in [0.25, 0.3) is 0 Å². The lowest BCUT2D eigenvalue weighted by atomic mass is 10.4. The summed E-state index contributed by atoms with van der Waals surface area (Å²) in [5.74, 6) is 0. The first-order valence-corrected chi connectivity index (χ1v) is 4.93. The Morgan fingerprint density at radius 2 is 2.00 bits per heavy atom. The van der Waals surface area contributed by atoms with E-state index in [1.54, 1.807) is 7.11 Å². The Hall–Kier alpha value is -0.630. The summed E-state index contributed by atoms with van der Waals surface area (Å²) in [6.45, 7) is 3.93. The van der Waals surface area contributed by atoms with E-state index in [9.17, 15) is 0 Å². The van der Waals surface area contributed by atoms with Gasteiger partial charge in [0.2, 0.25) is 0 Å². The fourth-order valence-electron chi connectivity index (χ4n) is 0.980. The number of methoxy groups -OCH3 is 1. The molecule has 0 saturated carbocycles. The molecule has 0 heterocycles. The number of nitrogens with zero attached hydrogens (tertiary/aromatic N) is 2. The standard InChI is InChI=1S/C10H20N2O2/c1-12(6-3-5-11)7-10-14-9-4-8-13-2/h3-4,6-10H2,1-2H3. The lowest BCUT2D eigenvalue weighted by Crippen LogP contribution is -2.24. The Labute approximate surface area is 86.4 Å². The van der Waals surface area contributed by atoms with Gasteiger partial charge in [-0.05, 0) is 13.5 Å². The van der Waals surface area contributed by atoms with Crippen molar-refractivity contribution in [1.29, 1.82) is 5.26 Å². The number of nitriles is 1. The van der Waals surface area contributed by atoms with Crippen molar-refractivity contribution in [2.24, 2.45) is 0 Å². The van der Waals surface area contributed by atoms with Crippen LogP contribution in [-0.4, -0.2) is 52.0 Å². The molecular weight excluding hydrogens is 180 g/mol. The van der Waals surface area contributed by atoms with Crippen molar-refractivity contribution < 1.29 is 9.47 Å². The second-order valence-electron chi connectivity index (χ2n) is 3.17. The molecule has 82 valence electrons. The van der Waals surface area contributed by atoms with E-state index in [4.69, 9.17) is 14.7 Å². The average Bonchev–Trinajstić information content (AvgIpc) is 2.20. The Kier molecular flexibility index (Phi) is 9.98. The Morgan fingerprint density at radius 3 is 2.64 bits per heavy atom. The van der Waals surface area contributed by atoms with Gasteiger partial charge in [0.05, 0.1) is 12.7 Å². The summed E-state index contributed by atoms with van der Waals surface area (Å²) in [6.07, 6.45) is 1.53. The summed E-state index contributed by atoms with van der Waals surface area (Å²) in [5.41, 5.74) is 0. The monoisotopic (exact) mass is 200 g/mol. The molecule has 0 atom stereocenters. The van der Waals surface area contributed by atoms with Crippen LogP contribution in [0.15, 0.2) is 0 Å². The minimum Gasteiger partial charge on any atom is -0.385 e. The zero-order valence-electron chi connectivity index (χ0n) is 9.16. The van der Waals surface area contributed by atoms with Crippen LogP contribution in [0.25, 0.3) is 0 Å². The number of hydrogen-bond donors (Lipinski definition) is 0. The van der Waals surface area contributed by atoms with Crippen molar-refractivity contribution >= 4 is 0 Å². The lowest BCUT2D eigenvalue weighted by Gasteiger charge is -2.14. The smallest absolute Gasteiger partial charge is 0.0635 e. The molecule has 0 radical (unpaired) electrons. The average molecular weight is 200 g/mol. The first kappa shape index (κ1) is 13.4. The molecule has 0 aromatic heterocycles. The minimum absolute atomic E-state index is 0.584. The summed E-state index contributed by atoms with van der Waals surface area (Å²) >= 11 is 0. The second-order valence-corrected chi connectivity index (χ2v) is 3.17. The van der Waals surface area contributed by atoms with Crippen LogP contribution < -0.4 is 0 Å². The molecule has 0 amide bonds. The Bertz CT molecular complexity index is 157. The van der Waals surface area contributed by atoms with E-state index in [0.29, 0.717) is 6.42 Å². The van der Waals surface area contributed by atoms with Gasteiger partial charge < -0.3 is 14.4 Å². The zero-order chi connectivity index (χ0) is 10.6. The van der Waals surface area contributed by atoms with Gasteiger partial charge in [0.1, 0.15) is 0 Å². The highest BCUT2D eigenvalue weighted by molar-refractivity contribution is 4.70. The van der Waals surface area contributed by atoms with Gasteiger partial charge >= 0.3 is 0 Å². The Morgan fingerprint density at radius 1 is 1.21 bits per heavy atom. The van der Waals surface area contributed by atoms with Crippen LogP contribution >= 0.6 is 0 Å². The highest BCUT2D eigenvalue weighted by atomic mass is 16.5. The second kappa shape index (κ2) is 10.5. The summed E-state index contributed by atoms with van der Waals surface area (Å²) < 4.78 is 10.3. The topological polar surface area (TPSA) is 45.5 Å². The summed E-state index contributed by atoms with van der Waals surface area (Å²) in [4.78, 5) is 2.10. The van der Waals surface area contributed by atoms with Crippen molar-refractivity contribution in [2.75, 3.05) is 47.1 Å². The van der Waals surface area contributed by atoms with E-state index in [1.807, 2.05) is 7.05 Å². The molecule has 0 N–H and O–H groups in total. The first-order chi connectivity index (χ1) is 6.81. The molecule has 0 aliphatic rings. The summed E-state index contributed by atoms with van der Waals surface area (Å²) in [5, 5.41) is 8.36. The highest BCUT2D eigenvalue weighted by Gasteiger charge is 1.96. The van der Waals surface area contributed by atoms with Crippen LogP contribution in [0.2, 0.25) is 0 Å². The molecule has 4 nitrogen and oxygen atoms in total. The van der Waals surface area contributed by atoms with Gasteiger partial charge in [0, 0.05) is 39.8 Å². The number of ether oxygens (including phenoxy) is 2. The molecular formula is C10H20N2O2. The first-order valence-electron chi connectivity index (χ1n) is 4.93. The van der Waals surface area contributed by atoms with Crippen molar-refractivity contribution in [3.05, 3.63) is 0 Å². The van der Waals surface area contributed by atoms with Crippen LogP contribution in [0.3, 0.4) is 0 Å². The fourth-order valence-corrected chi connectivity index (χ4v) is 0.980. The molecule has 14 heavy (non-hydrogen) atoms. The van der Waals surface area contributed by atoms with Gasteiger partial charge in [-0.25, -0.2) is 0 Å². The highest BCUT2D eigenvalue weighted by Crippen LogP contribution is 1.88. The van der Waals surface area contributed by atoms with Gasteiger partial charge in [-0.2, -0.15) is 5.26 Å². The molecule has 0 rings (SSSR count). The molecule has 0 aromatic rings. The van der Waals surface area contributed by atoms with E-state index in [1.165, 1.54) is 0 Å². The van der Waals surface area contributed by atoms with Gasteiger partial charge in [-0.15, -0.1) is 0 Å². The van der Waals surface area contributed by atoms with Gasteiger partial charge in [-0.3, -0.25) is 0 Å². The summed E-state index contributed by atoms with van der Waals surface area (Å²) in [7, 11) is 3.69. The molecule has 0 saturated heterocycles. The molecule has 0 fully saturated rings. The van der Waals surface area contributed by atoms with Crippen molar-refractivity contribution in [2.45, 2.75) is 12.8 Å². The van der Waals surface area contributed by atoms with Gasteiger partial charge in [-0.1, -0.05) is 0 Å².